The third-order valence-electron chi connectivity index (χ3n) is 2.66. The molecule has 2 aromatic carbocycles. The van der Waals surface area contributed by atoms with Gasteiger partial charge >= 0.3 is 0 Å². The van der Waals surface area contributed by atoms with E-state index in [2.05, 4.69) is 0 Å². The lowest BCUT2D eigenvalue weighted by Gasteiger charge is -2.04. The molecular formula is C14H11Cl2NO2S. The molecule has 6 heteroatoms. The van der Waals surface area contributed by atoms with Crippen LogP contribution in [0, 0.1) is 10.1 Å². The fourth-order valence-corrected chi connectivity index (χ4v) is 2.91. The molecule has 0 aromatic heterocycles. The molecule has 2 aromatic rings. The van der Waals surface area contributed by atoms with Crippen molar-refractivity contribution < 1.29 is 4.92 Å². The maximum absolute atomic E-state index is 10.8. The SMILES string of the molecule is O=[N+]([O-])c1cc(CSCc2ccc(Cl)cc2)ccc1Cl. The molecule has 0 fully saturated rings. The lowest BCUT2D eigenvalue weighted by atomic mass is 10.2. The highest BCUT2D eigenvalue weighted by Crippen LogP contribution is 2.27. The van der Waals surface area contributed by atoms with Gasteiger partial charge in [0.15, 0.2) is 0 Å². The van der Waals surface area contributed by atoms with Crippen molar-refractivity contribution in [1.29, 1.82) is 0 Å². The Hall–Kier alpha value is -1.23. The lowest BCUT2D eigenvalue weighted by molar-refractivity contribution is -0.384. The van der Waals surface area contributed by atoms with Crippen molar-refractivity contribution in [2.24, 2.45) is 0 Å². The predicted molar refractivity (Wildman–Crippen MR) is 84.6 cm³/mol. The van der Waals surface area contributed by atoms with Crippen molar-refractivity contribution in [1.82, 2.24) is 0 Å². The number of rotatable bonds is 5. The van der Waals surface area contributed by atoms with E-state index < -0.39 is 4.92 Å². The highest BCUT2D eigenvalue weighted by molar-refractivity contribution is 7.97. The lowest BCUT2D eigenvalue weighted by Crippen LogP contribution is -1.91. The minimum absolute atomic E-state index is 0.0451. The number of nitrogens with zero attached hydrogens (tertiary/aromatic N) is 1. The summed E-state index contributed by atoms with van der Waals surface area (Å²) in [7, 11) is 0. The number of halogens is 2. The zero-order valence-corrected chi connectivity index (χ0v) is 12.7. The molecule has 20 heavy (non-hydrogen) atoms. The molecule has 0 bridgehead atoms. The first-order valence-electron chi connectivity index (χ1n) is 5.81. The first-order valence-corrected chi connectivity index (χ1v) is 7.72. The van der Waals surface area contributed by atoms with E-state index >= 15 is 0 Å². The fourth-order valence-electron chi connectivity index (χ4n) is 1.66. The molecule has 0 aliphatic carbocycles. The molecule has 0 aliphatic heterocycles. The Morgan fingerprint density at radius 2 is 1.60 bits per heavy atom. The Balaban J connectivity index is 1.96. The average Bonchev–Trinajstić information content (AvgIpc) is 2.42. The van der Waals surface area contributed by atoms with Gasteiger partial charge in [0.2, 0.25) is 0 Å². The van der Waals surface area contributed by atoms with E-state index in [-0.39, 0.29) is 10.7 Å². The van der Waals surface area contributed by atoms with Crippen LogP contribution >= 0.6 is 35.0 Å². The van der Waals surface area contributed by atoms with E-state index in [0.29, 0.717) is 10.8 Å². The van der Waals surface area contributed by atoms with Crippen molar-refractivity contribution in [3.8, 4) is 0 Å². The monoisotopic (exact) mass is 327 g/mol. The molecule has 0 amide bonds. The normalized spacial score (nSPS) is 10.5. The average molecular weight is 328 g/mol. The van der Waals surface area contributed by atoms with E-state index in [1.165, 1.54) is 11.6 Å². The topological polar surface area (TPSA) is 43.1 Å². The largest absolute Gasteiger partial charge is 0.288 e. The molecule has 0 radical (unpaired) electrons. The third-order valence-corrected chi connectivity index (χ3v) is 4.30. The number of nitro groups is 1. The molecule has 0 spiro atoms. The van der Waals surface area contributed by atoms with E-state index in [9.17, 15) is 10.1 Å². The second-order valence-electron chi connectivity index (χ2n) is 4.16. The van der Waals surface area contributed by atoms with E-state index in [1.54, 1.807) is 17.8 Å². The summed E-state index contributed by atoms with van der Waals surface area (Å²) in [5.41, 5.74) is 2.01. The summed E-state index contributed by atoms with van der Waals surface area (Å²) in [5, 5.41) is 11.7. The number of benzene rings is 2. The van der Waals surface area contributed by atoms with Crippen LogP contribution in [-0.4, -0.2) is 4.92 Å². The molecule has 0 atom stereocenters. The van der Waals surface area contributed by atoms with E-state index in [0.717, 1.165) is 11.3 Å². The molecule has 0 N–H and O–H groups in total. The molecule has 0 saturated carbocycles. The number of hydrogen-bond acceptors (Lipinski definition) is 3. The summed E-state index contributed by atoms with van der Waals surface area (Å²) >= 11 is 13.3. The molecule has 0 heterocycles. The van der Waals surface area contributed by atoms with Crippen molar-refractivity contribution in [3.05, 3.63) is 73.8 Å². The fraction of sp³-hybridized carbons (Fsp3) is 0.143. The Bertz CT molecular complexity index is 617. The van der Waals surface area contributed by atoms with Gasteiger partial charge in [0.1, 0.15) is 5.02 Å². The van der Waals surface area contributed by atoms with Crippen LogP contribution in [0.2, 0.25) is 10.0 Å². The smallest absolute Gasteiger partial charge is 0.258 e. The highest BCUT2D eigenvalue weighted by atomic mass is 35.5. The maximum Gasteiger partial charge on any atom is 0.288 e. The number of hydrogen-bond donors (Lipinski definition) is 0. The first-order chi connectivity index (χ1) is 9.56. The molecular weight excluding hydrogens is 317 g/mol. The molecule has 0 aliphatic rings. The summed E-state index contributed by atoms with van der Waals surface area (Å²) < 4.78 is 0. The zero-order chi connectivity index (χ0) is 14.5. The summed E-state index contributed by atoms with van der Waals surface area (Å²) in [6, 6.07) is 12.5. The van der Waals surface area contributed by atoms with Crippen molar-refractivity contribution in [2.45, 2.75) is 11.5 Å². The van der Waals surface area contributed by atoms with Crippen molar-refractivity contribution >= 4 is 40.7 Å². The third kappa shape index (κ3) is 4.13. The van der Waals surface area contributed by atoms with Gasteiger partial charge < -0.3 is 0 Å². The molecule has 0 saturated heterocycles. The van der Waals surface area contributed by atoms with Crippen LogP contribution in [-0.2, 0) is 11.5 Å². The summed E-state index contributed by atoms with van der Waals surface area (Å²) in [5.74, 6) is 1.52. The summed E-state index contributed by atoms with van der Waals surface area (Å²) in [6.45, 7) is 0. The Labute approximate surface area is 131 Å². The van der Waals surface area contributed by atoms with Crippen molar-refractivity contribution in [3.63, 3.8) is 0 Å². The highest BCUT2D eigenvalue weighted by Gasteiger charge is 2.12. The van der Waals surface area contributed by atoms with Gasteiger partial charge in [-0.15, -0.1) is 0 Å². The predicted octanol–water partition coefficient (Wildman–Crippen LogP) is 5.34. The van der Waals surface area contributed by atoms with Crippen LogP contribution in [0.1, 0.15) is 11.1 Å². The quantitative estimate of drug-likeness (QED) is 0.550. The number of thioether (sulfide) groups is 1. The van der Waals surface area contributed by atoms with Crippen LogP contribution in [0.15, 0.2) is 42.5 Å². The van der Waals surface area contributed by atoms with Crippen LogP contribution in [0.3, 0.4) is 0 Å². The van der Waals surface area contributed by atoms with Crippen LogP contribution in [0.5, 0.6) is 0 Å². The minimum atomic E-state index is -0.463. The molecule has 104 valence electrons. The van der Waals surface area contributed by atoms with Gasteiger partial charge in [-0.2, -0.15) is 11.8 Å². The van der Waals surface area contributed by atoms with Crippen LogP contribution < -0.4 is 0 Å². The molecule has 3 nitrogen and oxygen atoms in total. The summed E-state index contributed by atoms with van der Waals surface area (Å²) in [6.07, 6.45) is 0. The second kappa shape index (κ2) is 6.97. The minimum Gasteiger partial charge on any atom is -0.258 e. The van der Waals surface area contributed by atoms with Gasteiger partial charge in [0.05, 0.1) is 4.92 Å². The standard InChI is InChI=1S/C14H11Cl2NO2S/c15-12-4-1-10(2-5-12)8-20-9-11-3-6-13(16)14(7-11)17(18)19/h1-7H,8-9H2. The van der Waals surface area contributed by atoms with E-state index in [4.69, 9.17) is 23.2 Å². The van der Waals surface area contributed by atoms with Crippen LogP contribution in [0.4, 0.5) is 5.69 Å². The maximum atomic E-state index is 10.8. The summed E-state index contributed by atoms with van der Waals surface area (Å²) in [4.78, 5) is 10.3. The van der Waals surface area contributed by atoms with Gasteiger partial charge in [0.25, 0.3) is 5.69 Å². The second-order valence-corrected chi connectivity index (χ2v) is 5.99. The Morgan fingerprint density at radius 3 is 2.25 bits per heavy atom. The molecule has 2 rings (SSSR count). The van der Waals surface area contributed by atoms with Crippen LogP contribution in [0.25, 0.3) is 0 Å². The van der Waals surface area contributed by atoms with Gasteiger partial charge in [-0.1, -0.05) is 41.4 Å². The van der Waals surface area contributed by atoms with Gasteiger partial charge in [-0.3, -0.25) is 10.1 Å². The van der Waals surface area contributed by atoms with Gasteiger partial charge in [-0.05, 0) is 29.3 Å². The zero-order valence-electron chi connectivity index (χ0n) is 10.4. The Kier molecular flexibility index (Phi) is 5.29. The van der Waals surface area contributed by atoms with Gasteiger partial charge in [0, 0.05) is 22.6 Å². The number of nitro benzene ring substituents is 1. The Morgan fingerprint density at radius 1 is 1.00 bits per heavy atom. The van der Waals surface area contributed by atoms with Crippen molar-refractivity contribution in [2.75, 3.05) is 0 Å². The first kappa shape index (κ1) is 15.2. The molecule has 0 unspecified atom stereocenters. The van der Waals surface area contributed by atoms with Gasteiger partial charge in [-0.25, -0.2) is 0 Å². The van der Waals surface area contributed by atoms with E-state index in [1.807, 2.05) is 30.3 Å².